The van der Waals surface area contributed by atoms with Gasteiger partial charge in [-0.15, -0.1) is 0 Å². The van der Waals surface area contributed by atoms with Crippen LogP contribution >= 0.6 is 0 Å². The average molecular weight is 349 g/mol. The van der Waals surface area contributed by atoms with E-state index in [0.29, 0.717) is 17.4 Å². The summed E-state index contributed by atoms with van der Waals surface area (Å²) in [5.74, 6) is -0.375. The molecular formula is C23H34F2. The molecule has 0 amide bonds. The smallest absolute Gasteiger partial charge is 0.159 e. The minimum Gasteiger partial charge on any atom is -0.204 e. The van der Waals surface area contributed by atoms with E-state index in [2.05, 4.69) is 32.9 Å². The van der Waals surface area contributed by atoms with Crippen molar-refractivity contribution >= 4 is 0 Å². The molecule has 0 radical (unpaired) electrons. The molecule has 0 spiro atoms. The fourth-order valence-corrected chi connectivity index (χ4v) is 2.43. The van der Waals surface area contributed by atoms with Crippen LogP contribution in [0, 0.1) is 17.6 Å². The van der Waals surface area contributed by atoms with Crippen molar-refractivity contribution in [1.29, 1.82) is 0 Å². The molecule has 0 fully saturated rings. The minimum atomic E-state index is -0.808. The molecule has 2 rings (SSSR count). The SMILES string of the molecule is CC.CC.CC(C)CCC(C)c1ccc(-c2ccc(F)c(F)c2)cc1. The Morgan fingerprint density at radius 2 is 1.20 bits per heavy atom. The highest BCUT2D eigenvalue weighted by Gasteiger charge is 2.08. The van der Waals surface area contributed by atoms with Crippen LogP contribution in [0.5, 0.6) is 0 Å². The Kier molecular flexibility index (Phi) is 11.8. The molecule has 0 heterocycles. The maximum absolute atomic E-state index is 13.3. The van der Waals surface area contributed by atoms with Gasteiger partial charge in [-0.2, -0.15) is 0 Å². The molecule has 2 heteroatoms. The Morgan fingerprint density at radius 3 is 1.68 bits per heavy atom. The molecule has 0 nitrogen and oxygen atoms in total. The van der Waals surface area contributed by atoms with Crippen LogP contribution in [-0.2, 0) is 0 Å². The summed E-state index contributed by atoms with van der Waals surface area (Å²) in [7, 11) is 0. The fraction of sp³-hybridized carbons (Fsp3) is 0.478. The molecule has 0 aliphatic carbocycles. The van der Waals surface area contributed by atoms with Crippen LogP contribution in [0.3, 0.4) is 0 Å². The second kappa shape index (κ2) is 12.6. The summed E-state index contributed by atoms with van der Waals surface area (Å²) in [5.41, 5.74) is 2.91. The molecule has 2 aromatic rings. The second-order valence-corrected chi connectivity index (χ2v) is 6.12. The monoisotopic (exact) mass is 348 g/mol. The molecule has 140 valence electrons. The predicted octanol–water partition coefficient (Wildman–Crippen LogP) is 8.22. The van der Waals surface area contributed by atoms with Gasteiger partial charge in [0.2, 0.25) is 0 Å². The van der Waals surface area contributed by atoms with Crippen molar-refractivity contribution in [3.63, 3.8) is 0 Å². The summed E-state index contributed by atoms with van der Waals surface area (Å²) >= 11 is 0. The number of benzene rings is 2. The molecule has 2 aromatic carbocycles. The lowest BCUT2D eigenvalue weighted by Gasteiger charge is -2.14. The normalized spacial score (nSPS) is 11.1. The van der Waals surface area contributed by atoms with E-state index in [1.807, 2.05) is 39.8 Å². The van der Waals surface area contributed by atoms with Crippen LogP contribution in [0.25, 0.3) is 11.1 Å². The molecule has 0 saturated heterocycles. The average Bonchev–Trinajstić information content (AvgIpc) is 2.65. The molecule has 0 bridgehead atoms. The van der Waals surface area contributed by atoms with Crippen LogP contribution in [0.15, 0.2) is 42.5 Å². The standard InChI is InChI=1S/C19H22F2.2C2H6/c1-13(2)4-5-14(3)15-6-8-16(9-7-15)17-10-11-18(20)19(21)12-17;2*1-2/h6-14H,4-5H2,1-3H3;2*1-2H3. The van der Waals surface area contributed by atoms with Gasteiger partial charge in [-0.1, -0.05) is 85.2 Å². The largest absolute Gasteiger partial charge is 0.204 e. The maximum Gasteiger partial charge on any atom is 0.159 e. The minimum absolute atomic E-state index is 0.520. The van der Waals surface area contributed by atoms with E-state index in [-0.39, 0.29) is 0 Å². The zero-order valence-corrected chi connectivity index (χ0v) is 16.9. The highest BCUT2D eigenvalue weighted by atomic mass is 19.2. The number of hydrogen-bond acceptors (Lipinski definition) is 0. The van der Waals surface area contributed by atoms with Crippen molar-refractivity contribution in [2.45, 2.75) is 67.2 Å². The molecule has 1 atom stereocenters. The van der Waals surface area contributed by atoms with E-state index in [0.717, 1.165) is 5.56 Å². The quantitative estimate of drug-likeness (QED) is 0.510. The van der Waals surface area contributed by atoms with Gasteiger partial charge in [0.05, 0.1) is 0 Å². The topological polar surface area (TPSA) is 0 Å². The Hall–Kier alpha value is -1.70. The second-order valence-electron chi connectivity index (χ2n) is 6.12. The van der Waals surface area contributed by atoms with E-state index in [1.165, 1.54) is 30.5 Å². The van der Waals surface area contributed by atoms with Gasteiger partial charge in [-0.3, -0.25) is 0 Å². The Bertz CT molecular complexity index is 586. The predicted molar refractivity (Wildman–Crippen MR) is 107 cm³/mol. The Labute approximate surface area is 153 Å². The fourth-order valence-electron chi connectivity index (χ4n) is 2.43. The van der Waals surface area contributed by atoms with Gasteiger partial charge < -0.3 is 0 Å². The van der Waals surface area contributed by atoms with Crippen LogP contribution in [-0.4, -0.2) is 0 Å². The molecule has 0 aliphatic heterocycles. The van der Waals surface area contributed by atoms with Crippen LogP contribution in [0.4, 0.5) is 8.78 Å². The van der Waals surface area contributed by atoms with Gasteiger partial charge in [0.1, 0.15) is 0 Å². The van der Waals surface area contributed by atoms with E-state index in [1.54, 1.807) is 6.07 Å². The van der Waals surface area contributed by atoms with E-state index in [4.69, 9.17) is 0 Å². The van der Waals surface area contributed by atoms with Crippen molar-refractivity contribution in [3.05, 3.63) is 59.7 Å². The van der Waals surface area contributed by atoms with E-state index in [9.17, 15) is 8.78 Å². The third-order valence-corrected chi connectivity index (χ3v) is 3.91. The number of hydrogen-bond donors (Lipinski definition) is 0. The Morgan fingerprint density at radius 1 is 0.680 bits per heavy atom. The lowest BCUT2D eigenvalue weighted by atomic mass is 9.92. The van der Waals surface area contributed by atoms with Gasteiger partial charge in [-0.25, -0.2) is 8.78 Å². The summed E-state index contributed by atoms with van der Waals surface area (Å²) < 4.78 is 26.2. The highest BCUT2D eigenvalue weighted by Crippen LogP contribution is 2.27. The summed E-state index contributed by atoms with van der Waals surface area (Å²) in [6.45, 7) is 14.7. The lowest BCUT2D eigenvalue weighted by molar-refractivity contribution is 0.509. The third kappa shape index (κ3) is 7.81. The van der Waals surface area contributed by atoms with Crippen LogP contribution < -0.4 is 0 Å². The first kappa shape index (κ1) is 23.3. The first-order valence-corrected chi connectivity index (χ1v) is 9.52. The highest BCUT2D eigenvalue weighted by molar-refractivity contribution is 5.63. The van der Waals surface area contributed by atoms with Gasteiger partial charge in [-0.05, 0) is 47.1 Å². The molecule has 0 aliphatic rings. The van der Waals surface area contributed by atoms with Gasteiger partial charge in [0.25, 0.3) is 0 Å². The number of rotatable bonds is 5. The molecule has 0 N–H and O–H groups in total. The van der Waals surface area contributed by atoms with Crippen molar-refractivity contribution < 1.29 is 8.78 Å². The van der Waals surface area contributed by atoms with Gasteiger partial charge in [0.15, 0.2) is 11.6 Å². The first-order chi connectivity index (χ1) is 12.0. The maximum atomic E-state index is 13.3. The molecule has 25 heavy (non-hydrogen) atoms. The van der Waals surface area contributed by atoms with Gasteiger partial charge in [0, 0.05) is 0 Å². The zero-order valence-electron chi connectivity index (χ0n) is 16.9. The summed E-state index contributed by atoms with van der Waals surface area (Å²) in [5, 5.41) is 0. The summed E-state index contributed by atoms with van der Waals surface area (Å²) in [6.07, 6.45) is 2.38. The summed E-state index contributed by atoms with van der Waals surface area (Å²) in [4.78, 5) is 0. The number of halogens is 2. The summed E-state index contributed by atoms with van der Waals surface area (Å²) in [6, 6.07) is 12.1. The van der Waals surface area contributed by atoms with Crippen molar-refractivity contribution in [2.75, 3.05) is 0 Å². The van der Waals surface area contributed by atoms with E-state index < -0.39 is 11.6 Å². The van der Waals surface area contributed by atoms with Gasteiger partial charge >= 0.3 is 0 Å². The first-order valence-electron chi connectivity index (χ1n) is 9.52. The zero-order chi connectivity index (χ0) is 19.4. The van der Waals surface area contributed by atoms with Crippen molar-refractivity contribution in [1.82, 2.24) is 0 Å². The van der Waals surface area contributed by atoms with Crippen molar-refractivity contribution in [2.24, 2.45) is 5.92 Å². The lowest BCUT2D eigenvalue weighted by Crippen LogP contribution is -1.97. The van der Waals surface area contributed by atoms with Crippen molar-refractivity contribution in [3.8, 4) is 11.1 Å². The third-order valence-electron chi connectivity index (χ3n) is 3.91. The molecular weight excluding hydrogens is 314 g/mol. The Balaban J connectivity index is 0.00000134. The van der Waals surface area contributed by atoms with Crippen LogP contribution in [0.2, 0.25) is 0 Å². The molecule has 0 saturated carbocycles. The molecule has 0 aromatic heterocycles. The van der Waals surface area contributed by atoms with Crippen LogP contribution in [0.1, 0.15) is 72.8 Å². The molecule has 1 unspecified atom stereocenters. The van der Waals surface area contributed by atoms with E-state index >= 15 is 0 Å².